The Morgan fingerprint density at radius 1 is 1.00 bits per heavy atom. The van der Waals surface area contributed by atoms with Crippen molar-refractivity contribution in [1.82, 2.24) is 0 Å². The summed E-state index contributed by atoms with van der Waals surface area (Å²) in [6, 6.07) is 13.2. The fraction of sp³-hybridized carbons (Fsp3) is 0.200. The summed E-state index contributed by atoms with van der Waals surface area (Å²) in [4.78, 5) is 0. The molecule has 0 aliphatic heterocycles. The van der Waals surface area contributed by atoms with Crippen molar-refractivity contribution in [3.63, 3.8) is 0 Å². The Balaban J connectivity index is 2.40. The lowest BCUT2D eigenvalue weighted by Gasteiger charge is -2.12. The highest BCUT2D eigenvalue weighted by Crippen LogP contribution is 2.31. The number of rotatable bonds is 2. The van der Waals surface area contributed by atoms with E-state index in [9.17, 15) is 4.39 Å². The van der Waals surface area contributed by atoms with Crippen molar-refractivity contribution in [2.45, 2.75) is 19.2 Å². The maximum Gasteiger partial charge on any atom is 0.131 e. The zero-order chi connectivity index (χ0) is 12.4. The third kappa shape index (κ3) is 2.50. The normalized spacial score (nSPS) is 12.5. The maximum absolute atomic E-state index is 13.9. The average molecular weight is 249 g/mol. The van der Waals surface area contributed by atoms with Crippen LogP contribution in [0.1, 0.15) is 27.6 Å². The first kappa shape index (κ1) is 12.1. The molecule has 0 nitrogen and oxygen atoms in total. The molecule has 0 saturated carbocycles. The van der Waals surface area contributed by atoms with E-state index >= 15 is 0 Å². The van der Waals surface area contributed by atoms with Crippen molar-refractivity contribution in [3.05, 3.63) is 70.5 Å². The topological polar surface area (TPSA) is 0 Å². The molecule has 2 rings (SSSR count). The van der Waals surface area contributed by atoms with E-state index in [0.717, 1.165) is 5.56 Å². The molecule has 2 heteroatoms. The fourth-order valence-electron chi connectivity index (χ4n) is 1.78. The molecule has 0 bridgehead atoms. The molecule has 1 unspecified atom stereocenters. The SMILES string of the molecule is Cc1ccc(C(Cl)c2cccc(C)c2F)cc1. The number of hydrogen-bond acceptors (Lipinski definition) is 0. The molecule has 0 saturated heterocycles. The van der Waals surface area contributed by atoms with Gasteiger partial charge in [-0.1, -0.05) is 48.0 Å². The number of aryl methyl sites for hydroxylation is 2. The predicted molar refractivity (Wildman–Crippen MR) is 70.0 cm³/mol. The van der Waals surface area contributed by atoms with E-state index < -0.39 is 5.38 Å². The summed E-state index contributed by atoms with van der Waals surface area (Å²) >= 11 is 6.32. The molecule has 2 aromatic rings. The highest BCUT2D eigenvalue weighted by Gasteiger charge is 2.15. The molecule has 0 spiro atoms. The first-order valence-electron chi connectivity index (χ1n) is 5.55. The van der Waals surface area contributed by atoms with E-state index in [2.05, 4.69) is 0 Å². The van der Waals surface area contributed by atoms with Crippen molar-refractivity contribution in [2.75, 3.05) is 0 Å². The molecule has 0 aliphatic rings. The lowest BCUT2D eigenvalue weighted by molar-refractivity contribution is 0.603. The van der Waals surface area contributed by atoms with E-state index in [-0.39, 0.29) is 5.82 Å². The van der Waals surface area contributed by atoms with Crippen LogP contribution in [0.5, 0.6) is 0 Å². The van der Waals surface area contributed by atoms with Crippen LogP contribution < -0.4 is 0 Å². The molecule has 2 aromatic carbocycles. The molecular formula is C15H14ClF. The van der Waals surface area contributed by atoms with Crippen molar-refractivity contribution >= 4 is 11.6 Å². The summed E-state index contributed by atoms with van der Waals surface area (Å²) < 4.78 is 13.9. The molecule has 0 aromatic heterocycles. The second-order valence-corrected chi connectivity index (χ2v) is 4.69. The number of hydrogen-bond donors (Lipinski definition) is 0. The summed E-state index contributed by atoms with van der Waals surface area (Å²) in [6.45, 7) is 3.76. The van der Waals surface area contributed by atoms with E-state index in [4.69, 9.17) is 11.6 Å². The van der Waals surface area contributed by atoms with Gasteiger partial charge in [-0.25, -0.2) is 4.39 Å². The van der Waals surface area contributed by atoms with Crippen LogP contribution in [0.25, 0.3) is 0 Å². The molecule has 0 fully saturated rings. The standard InChI is InChI=1S/C15H14ClF/c1-10-6-8-12(9-7-10)14(16)13-5-3-4-11(2)15(13)17/h3-9,14H,1-2H3. The molecular weight excluding hydrogens is 235 g/mol. The molecule has 88 valence electrons. The Bertz CT molecular complexity index is 517. The highest BCUT2D eigenvalue weighted by molar-refractivity contribution is 6.22. The zero-order valence-corrected chi connectivity index (χ0v) is 10.6. The molecule has 0 N–H and O–H groups in total. The van der Waals surface area contributed by atoms with Gasteiger partial charge >= 0.3 is 0 Å². The van der Waals surface area contributed by atoms with Crippen molar-refractivity contribution < 1.29 is 4.39 Å². The lowest BCUT2D eigenvalue weighted by atomic mass is 10.0. The van der Waals surface area contributed by atoms with Gasteiger partial charge in [0.25, 0.3) is 0 Å². The summed E-state index contributed by atoms with van der Waals surface area (Å²) in [5.41, 5.74) is 3.25. The van der Waals surface area contributed by atoms with Gasteiger partial charge in [-0.15, -0.1) is 11.6 Å². The van der Waals surface area contributed by atoms with Crippen molar-refractivity contribution in [1.29, 1.82) is 0 Å². The molecule has 0 amide bonds. The third-order valence-electron chi connectivity index (χ3n) is 2.86. The molecule has 1 atom stereocenters. The minimum atomic E-state index is -0.435. The lowest BCUT2D eigenvalue weighted by Crippen LogP contribution is -1.98. The van der Waals surface area contributed by atoms with Crippen LogP contribution in [0.2, 0.25) is 0 Å². The highest BCUT2D eigenvalue weighted by atomic mass is 35.5. The molecule has 0 radical (unpaired) electrons. The summed E-state index contributed by atoms with van der Waals surface area (Å²) in [5.74, 6) is -0.215. The number of benzene rings is 2. The summed E-state index contributed by atoms with van der Waals surface area (Å²) in [5, 5.41) is -0.435. The van der Waals surface area contributed by atoms with E-state index in [1.54, 1.807) is 19.1 Å². The fourth-order valence-corrected chi connectivity index (χ4v) is 2.09. The zero-order valence-electron chi connectivity index (χ0n) is 9.87. The van der Waals surface area contributed by atoms with E-state index in [1.165, 1.54) is 5.56 Å². The van der Waals surface area contributed by atoms with E-state index in [0.29, 0.717) is 11.1 Å². The van der Waals surface area contributed by atoms with Crippen LogP contribution in [0, 0.1) is 19.7 Å². The largest absolute Gasteiger partial charge is 0.206 e. The second-order valence-electron chi connectivity index (χ2n) is 4.25. The Labute approximate surface area is 106 Å². The predicted octanol–water partition coefficient (Wildman–Crippen LogP) is 4.77. The minimum absolute atomic E-state index is 0.215. The van der Waals surface area contributed by atoms with Gasteiger partial charge in [0.15, 0.2) is 0 Å². The monoisotopic (exact) mass is 248 g/mol. The van der Waals surface area contributed by atoms with Gasteiger partial charge in [-0.2, -0.15) is 0 Å². The van der Waals surface area contributed by atoms with Gasteiger partial charge in [0.2, 0.25) is 0 Å². The summed E-state index contributed by atoms with van der Waals surface area (Å²) in [7, 11) is 0. The van der Waals surface area contributed by atoms with Gasteiger partial charge in [-0.3, -0.25) is 0 Å². The van der Waals surface area contributed by atoms with Crippen LogP contribution in [0.4, 0.5) is 4.39 Å². The van der Waals surface area contributed by atoms with Crippen molar-refractivity contribution in [2.24, 2.45) is 0 Å². The Morgan fingerprint density at radius 2 is 1.65 bits per heavy atom. The van der Waals surface area contributed by atoms with Crippen molar-refractivity contribution in [3.8, 4) is 0 Å². The van der Waals surface area contributed by atoms with Crippen LogP contribution in [-0.2, 0) is 0 Å². The quantitative estimate of drug-likeness (QED) is 0.672. The Hall–Kier alpha value is -1.34. The minimum Gasteiger partial charge on any atom is -0.206 e. The van der Waals surface area contributed by atoms with Gasteiger partial charge in [-0.05, 0) is 25.0 Å². The van der Waals surface area contributed by atoms with Gasteiger partial charge in [0.1, 0.15) is 5.82 Å². The maximum atomic E-state index is 13.9. The smallest absolute Gasteiger partial charge is 0.131 e. The molecule has 17 heavy (non-hydrogen) atoms. The third-order valence-corrected chi connectivity index (χ3v) is 3.35. The van der Waals surface area contributed by atoms with Crippen LogP contribution in [0.15, 0.2) is 42.5 Å². The second kappa shape index (κ2) is 4.89. The first-order valence-corrected chi connectivity index (χ1v) is 5.99. The summed E-state index contributed by atoms with van der Waals surface area (Å²) in [6.07, 6.45) is 0. The van der Waals surface area contributed by atoms with Gasteiger partial charge in [0.05, 0.1) is 5.38 Å². The van der Waals surface area contributed by atoms with E-state index in [1.807, 2.05) is 37.3 Å². The number of halogens is 2. The molecule has 0 heterocycles. The number of alkyl halides is 1. The average Bonchev–Trinajstić information content (AvgIpc) is 2.33. The molecule has 0 aliphatic carbocycles. The van der Waals surface area contributed by atoms with Gasteiger partial charge in [0, 0.05) is 5.56 Å². The Morgan fingerprint density at radius 3 is 2.29 bits per heavy atom. The first-order chi connectivity index (χ1) is 8.09. The van der Waals surface area contributed by atoms with Crippen LogP contribution >= 0.6 is 11.6 Å². The van der Waals surface area contributed by atoms with Crippen LogP contribution in [0.3, 0.4) is 0 Å². The Kier molecular flexibility index (Phi) is 3.49. The van der Waals surface area contributed by atoms with Gasteiger partial charge < -0.3 is 0 Å². The van der Waals surface area contributed by atoms with Crippen LogP contribution in [-0.4, -0.2) is 0 Å².